The summed E-state index contributed by atoms with van der Waals surface area (Å²) >= 11 is 0. The Morgan fingerprint density at radius 2 is 1.38 bits per heavy atom. The minimum Gasteiger partial charge on any atom is -0.309 e. The fourth-order valence-electron chi connectivity index (χ4n) is 4.99. The van der Waals surface area contributed by atoms with Gasteiger partial charge in [-0.2, -0.15) is 0 Å². The van der Waals surface area contributed by atoms with Gasteiger partial charge in [0.25, 0.3) is 0 Å². The van der Waals surface area contributed by atoms with E-state index in [9.17, 15) is 4.79 Å². The van der Waals surface area contributed by atoms with Crippen molar-refractivity contribution in [3.8, 4) is 0 Å². The van der Waals surface area contributed by atoms with Crippen LogP contribution in [0.4, 0.5) is 0 Å². The summed E-state index contributed by atoms with van der Waals surface area (Å²) in [5.74, 6) is 4.24. The zero-order valence-corrected chi connectivity index (χ0v) is 18.1. The molecule has 0 radical (unpaired) electrons. The van der Waals surface area contributed by atoms with Crippen molar-refractivity contribution in [1.82, 2.24) is 4.90 Å². The van der Waals surface area contributed by atoms with Crippen molar-refractivity contribution in [3.63, 3.8) is 0 Å². The highest BCUT2D eigenvalue weighted by atomic mass is 16.1. The van der Waals surface area contributed by atoms with Crippen LogP contribution in [0.25, 0.3) is 0 Å². The van der Waals surface area contributed by atoms with Crippen LogP contribution in [0.2, 0.25) is 0 Å². The first-order valence-electron chi connectivity index (χ1n) is 11.2. The molecular weight excluding hydrogens is 318 g/mol. The second-order valence-corrected chi connectivity index (χ2v) is 9.28. The number of allylic oxidation sites excluding steroid dienone is 1. The van der Waals surface area contributed by atoms with Crippen LogP contribution in [0.15, 0.2) is 12.2 Å². The van der Waals surface area contributed by atoms with Gasteiger partial charge in [-0.3, -0.25) is 4.79 Å². The summed E-state index contributed by atoms with van der Waals surface area (Å²) < 4.78 is 0. The first-order chi connectivity index (χ1) is 12.5. The van der Waals surface area contributed by atoms with Crippen LogP contribution in [-0.2, 0) is 4.79 Å². The molecule has 0 amide bonds. The molecule has 0 atom stereocenters. The normalized spacial score (nSPS) is 29.0. The van der Waals surface area contributed by atoms with Gasteiger partial charge in [0.1, 0.15) is 6.29 Å². The highest BCUT2D eigenvalue weighted by Gasteiger charge is 2.30. The number of carbonyl (C=O) groups is 1. The molecule has 26 heavy (non-hydrogen) atoms. The number of aldehydes is 1. The number of carbonyl (C=O) groups excluding carboxylic acids is 1. The van der Waals surface area contributed by atoms with Crippen molar-refractivity contribution in [2.75, 3.05) is 20.6 Å². The van der Waals surface area contributed by atoms with Crippen molar-refractivity contribution < 1.29 is 4.79 Å². The maximum Gasteiger partial charge on any atom is 0.145 e. The zero-order valence-electron chi connectivity index (χ0n) is 18.1. The molecule has 2 aliphatic carbocycles. The lowest BCUT2D eigenvalue weighted by Gasteiger charge is -2.38. The average Bonchev–Trinajstić information content (AvgIpc) is 2.63. The van der Waals surface area contributed by atoms with Crippen molar-refractivity contribution in [2.24, 2.45) is 23.7 Å². The molecule has 2 heteroatoms. The predicted octanol–water partition coefficient (Wildman–Crippen LogP) is 6.50. The Morgan fingerprint density at radius 1 is 0.923 bits per heavy atom. The number of unbranched alkanes of at least 4 members (excludes halogenated alkanes) is 2. The van der Waals surface area contributed by atoms with Gasteiger partial charge >= 0.3 is 0 Å². The zero-order chi connectivity index (χ0) is 19.4. The smallest absolute Gasteiger partial charge is 0.145 e. The molecule has 2 nitrogen and oxygen atoms in total. The molecule has 2 aliphatic rings. The number of hydrogen-bond donors (Lipinski definition) is 0. The summed E-state index contributed by atoms with van der Waals surface area (Å²) in [6.45, 7) is 8.60. The Morgan fingerprint density at radius 3 is 1.77 bits per heavy atom. The van der Waals surface area contributed by atoms with E-state index < -0.39 is 0 Å². The maximum atomic E-state index is 9.41. The Hall–Kier alpha value is -0.630. The van der Waals surface area contributed by atoms with Crippen LogP contribution in [0.5, 0.6) is 0 Å². The van der Waals surface area contributed by atoms with Crippen molar-refractivity contribution in [3.05, 3.63) is 12.2 Å². The summed E-state index contributed by atoms with van der Waals surface area (Å²) in [6, 6.07) is 0. The van der Waals surface area contributed by atoms with E-state index in [0.717, 1.165) is 30.0 Å². The second-order valence-electron chi connectivity index (χ2n) is 9.28. The van der Waals surface area contributed by atoms with Gasteiger partial charge in [-0.1, -0.05) is 52.0 Å². The summed E-state index contributed by atoms with van der Waals surface area (Å²) in [5, 5.41) is 0. The topological polar surface area (TPSA) is 20.3 Å². The summed E-state index contributed by atoms with van der Waals surface area (Å²) in [5.41, 5.74) is 0.574. The third-order valence-corrected chi connectivity index (χ3v) is 6.49. The number of nitrogens with zero attached hydrogens (tertiary/aromatic N) is 1. The summed E-state index contributed by atoms with van der Waals surface area (Å²) in [4.78, 5) is 11.8. The maximum absolute atomic E-state index is 9.41. The Balaban J connectivity index is 0.000000597. The van der Waals surface area contributed by atoms with Crippen LogP contribution in [0, 0.1) is 23.7 Å². The van der Waals surface area contributed by atoms with Gasteiger partial charge in [-0.15, -0.1) is 0 Å². The van der Waals surface area contributed by atoms with Crippen LogP contribution in [0.1, 0.15) is 90.9 Å². The molecule has 0 aromatic carbocycles. The molecule has 2 fully saturated rings. The molecule has 2 saturated carbocycles. The van der Waals surface area contributed by atoms with Gasteiger partial charge in [-0.25, -0.2) is 0 Å². The van der Waals surface area contributed by atoms with E-state index in [2.05, 4.69) is 32.5 Å². The van der Waals surface area contributed by atoms with E-state index in [1.54, 1.807) is 32.6 Å². The molecule has 0 unspecified atom stereocenters. The van der Waals surface area contributed by atoms with E-state index in [-0.39, 0.29) is 0 Å². The van der Waals surface area contributed by atoms with Gasteiger partial charge in [0.15, 0.2) is 0 Å². The van der Waals surface area contributed by atoms with E-state index in [1.807, 2.05) is 0 Å². The molecule has 152 valence electrons. The Bertz CT molecular complexity index is 374. The molecule has 0 spiro atoms. The molecule has 0 N–H and O–H groups in total. The van der Waals surface area contributed by atoms with E-state index in [0.29, 0.717) is 5.57 Å². The SMILES string of the molecule is C=C(C)C=O.CCCCCC1CCC(C2CCC(CN(C)C)CC2)CC1. The van der Waals surface area contributed by atoms with E-state index in [4.69, 9.17) is 0 Å². The fraction of sp³-hybridized carbons (Fsp3) is 0.875. The molecule has 0 bridgehead atoms. The Labute approximate surface area is 163 Å². The largest absolute Gasteiger partial charge is 0.309 e. The third-order valence-electron chi connectivity index (χ3n) is 6.49. The van der Waals surface area contributed by atoms with E-state index >= 15 is 0 Å². The van der Waals surface area contributed by atoms with Gasteiger partial charge in [0.05, 0.1) is 0 Å². The number of hydrogen-bond acceptors (Lipinski definition) is 2. The molecule has 0 aromatic rings. The molecule has 0 aliphatic heterocycles. The molecule has 0 heterocycles. The average molecular weight is 364 g/mol. The predicted molar refractivity (Wildman–Crippen MR) is 114 cm³/mol. The van der Waals surface area contributed by atoms with Crippen molar-refractivity contribution in [2.45, 2.75) is 90.9 Å². The first kappa shape index (κ1) is 23.4. The van der Waals surface area contributed by atoms with Gasteiger partial charge in [-0.05, 0) is 88.8 Å². The fourth-order valence-corrected chi connectivity index (χ4v) is 4.99. The van der Waals surface area contributed by atoms with Crippen LogP contribution < -0.4 is 0 Å². The standard InChI is InChI=1S/C20H39N.C4H6O/c1-4-5-6-7-17-8-12-19(13-9-17)20-14-10-18(11-15-20)16-21(2)3;1-4(2)3-5/h17-20H,4-16H2,1-3H3;3H,1H2,2H3. The quantitative estimate of drug-likeness (QED) is 0.278. The van der Waals surface area contributed by atoms with E-state index in [1.165, 1.54) is 57.9 Å². The minimum absolute atomic E-state index is 0.574. The lowest BCUT2D eigenvalue weighted by Crippen LogP contribution is -2.29. The second kappa shape index (κ2) is 13.5. The third kappa shape index (κ3) is 9.90. The van der Waals surface area contributed by atoms with Crippen molar-refractivity contribution in [1.29, 1.82) is 0 Å². The van der Waals surface area contributed by atoms with Crippen LogP contribution in [-0.4, -0.2) is 31.8 Å². The lowest BCUT2D eigenvalue weighted by molar-refractivity contribution is -0.104. The van der Waals surface area contributed by atoms with Gasteiger partial charge < -0.3 is 4.90 Å². The molecule has 2 rings (SSSR count). The summed E-state index contributed by atoms with van der Waals surface area (Å²) in [6.07, 6.45) is 18.8. The molecular formula is C24H45NO. The van der Waals surface area contributed by atoms with Gasteiger partial charge in [0.2, 0.25) is 0 Å². The van der Waals surface area contributed by atoms with Crippen molar-refractivity contribution >= 4 is 6.29 Å². The lowest BCUT2D eigenvalue weighted by atomic mass is 9.68. The summed E-state index contributed by atoms with van der Waals surface area (Å²) in [7, 11) is 4.46. The first-order valence-corrected chi connectivity index (χ1v) is 11.2. The highest BCUT2D eigenvalue weighted by molar-refractivity contribution is 5.70. The molecule has 0 saturated heterocycles. The van der Waals surface area contributed by atoms with Gasteiger partial charge in [0, 0.05) is 6.54 Å². The Kier molecular flexibility index (Phi) is 12.2. The van der Waals surface area contributed by atoms with Crippen LogP contribution >= 0.6 is 0 Å². The number of rotatable bonds is 8. The monoisotopic (exact) mass is 363 g/mol. The highest BCUT2D eigenvalue weighted by Crippen LogP contribution is 2.42. The molecule has 0 aromatic heterocycles. The van der Waals surface area contributed by atoms with Crippen LogP contribution in [0.3, 0.4) is 0 Å². The minimum atomic E-state index is 0.574.